The summed E-state index contributed by atoms with van der Waals surface area (Å²) in [6.07, 6.45) is 3.21. The standard InChI is InChI=1S/C11H16OS/c1-3-4-5-9-8(2)11(13)7-6-10(9)12/h6-7,12-13H,3-5H2,1-2H3. The smallest absolute Gasteiger partial charge is 0.119 e. The molecule has 0 fully saturated rings. The van der Waals surface area contributed by atoms with Gasteiger partial charge in [0, 0.05) is 4.90 Å². The Balaban J connectivity index is 2.96. The molecule has 2 heteroatoms. The first kappa shape index (κ1) is 10.5. The average molecular weight is 196 g/mol. The lowest BCUT2D eigenvalue weighted by Crippen LogP contribution is -1.91. The van der Waals surface area contributed by atoms with E-state index in [-0.39, 0.29) is 0 Å². The summed E-state index contributed by atoms with van der Waals surface area (Å²) in [5.74, 6) is 0.406. The Kier molecular flexibility index (Phi) is 3.67. The first-order valence-electron chi connectivity index (χ1n) is 4.67. The van der Waals surface area contributed by atoms with E-state index in [2.05, 4.69) is 19.6 Å². The van der Waals surface area contributed by atoms with Crippen LogP contribution < -0.4 is 0 Å². The van der Waals surface area contributed by atoms with E-state index < -0.39 is 0 Å². The molecule has 0 saturated carbocycles. The zero-order valence-electron chi connectivity index (χ0n) is 8.17. The summed E-state index contributed by atoms with van der Waals surface area (Å²) in [6, 6.07) is 3.56. The maximum Gasteiger partial charge on any atom is 0.119 e. The van der Waals surface area contributed by atoms with E-state index in [1.165, 1.54) is 0 Å². The van der Waals surface area contributed by atoms with Crippen LogP contribution in [-0.2, 0) is 6.42 Å². The van der Waals surface area contributed by atoms with Crippen molar-refractivity contribution in [1.29, 1.82) is 0 Å². The molecule has 0 amide bonds. The second kappa shape index (κ2) is 4.56. The molecule has 0 spiro atoms. The molecule has 1 aromatic carbocycles. The third kappa shape index (κ3) is 2.41. The van der Waals surface area contributed by atoms with E-state index >= 15 is 0 Å². The fourth-order valence-electron chi connectivity index (χ4n) is 1.40. The number of rotatable bonds is 3. The Morgan fingerprint density at radius 3 is 2.69 bits per heavy atom. The Morgan fingerprint density at radius 2 is 2.08 bits per heavy atom. The highest BCUT2D eigenvalue weighted by atomic mass is 32.1. The lowest BCUT2D eigenvalue weighted by atomic mass is 10.0. The first-order valence-corrected chi connectivity index (χ1v) is 5.12. The summed E-state index contributed by atoms with van der Waals surface area (Å²) < 4.78 is 0. The topological polar surface area (TPSA) is 20.2 Å². The van der Waals surface area contributed by atoms with Crippen LogP contribution in [0.3, 0.4) is 0 Å². The molecule has 72 valence electrons. The van der Waals surface area contributed by atoms with Crippen LogP contribution >= 0.6 is 12.6 Å². The molecule has 1 rings (SSSR count). The largest absolute Gasteiger partial charge is 0.508 e. The third-order valence-corrected chi connectivity index (χ3v) is 2.81. The summed E-state index contributed by atoms with van der Waals surface area (Å²) in [5, 5.41) is 9.61. The van der Waals surface area contributed by atoms with Crippen molar-refractivity contribution in [2.24, 2.45) is 0 Å². The van der Waals surface area contributed by atoms with E-state index in [0.717, 1.165) is 35.3 Å². The van der Waals surface area contributed by atoms with Gasteiger partial charge in [0.05, 0.1) is 0 Å². The molecule has 0 saturated heterocycles. The zero-order valence-corrected chi connectivity index (χ0v) is 9.06. The summed E-state index contributed by atoms with van der Waals surface area (Å²) in [7, 11) is 0. The minimum atomic E-state index is 0.406. The van der Waals surface area contributed by atoms with Crippen LogP contribution in [0.4, 0.5) is 0 Å². The second-order valence-electron chi connectivity index (χ2n) is 3.31. The molecule has 1 aromatic rings. The Morgan fingerprint density at radius 1 is 1.38 bits per heavy atom. The molecule has 1 nitrogen and oxygen atoms in total. The van der Waals surface area contributed by atoms with Crippen molar-refractivity contribution in [2.45, 2.75) is 38.0 Å². The molecule has 0 aliphatic carbocycles. The molecular formula is C11H16OS. The fourth-order valence-corrected chi connectivity index (χ4v) is 1.61. The fraction of sp³-hybridized carbons (Fsp3) is 0.455. The van der Waals surface area contributed by atoms with Crippen LogP contribution in [0.15, 0.2) is 17.0 Å². The average Bonchev–Trinajstić information content (AvgIpc) is 2.12. The highest BCUT2D eigenvalue weighted by molar-refractivity contribution is 7.80. The van der Waals surface area contributed by atoms with Gasteiger partial charge in [-0.3, -0.25) is 0 Å². The van der Waals surface area contributed by atoms with Gasteiger partial charge in [0.25, 0.3) is 0 Å². The molecule has 0 radical (unpaired) electrons. The number of hydrogen-bond donors (Lipinski definition) is 2. The molecule has 0 aliphatic heterocycles. The highest BCUT2D eigenvalue weighted by Gasteiger charge is 2.06. The van der Waals surface area contributed by atoms with Crippen LogP contribution in [0.1, 0.15) is 30.9 Å². The minimum Gasteiger partial charge on any atom is -0.508 e. The van der Waals surface area contributed by atoms with Gasteiger partial charge in [-0.05, 0) is 43.0 Å². The van der Waals surface area contributed by atoms with E-state index in [0.29, 0.717) is 5.75 Å². The SMILES string of the molecule is CCCCc1c(O)ccc(S)c1C. The lowest BCUT2D eigenvalue weighted by molar-refractivity contribution is 0.465. The monoisotopic (exact) mass is 196 g/mol. The number of phenolic OH excluding ortho intramolecular Hbond substituents is 1. The molecule has 0 aromatic heterocycles. The molecule has 0 unspecified atom stereocenters. The Bertz CT molecular complexity index is 294. The number of benzene rings is 1. The molecule has 0 atom stereocenters. The molecule has 0 heterocycles. The van der Waals surface area contributed by atoms with Gasteiger partial charge in [-0.2, -0.15) is 0 Å². The maximum absolute atomic E-state index is 9.61. The van der Waals surface area contributed by atoms with Gasteiger partial charge < -0.3 is 5.11 Å². The van der Waals surface area contributed by atoms with Crippen molar-refractivity contribution in [2.75, 3.05) is 0 Å². The number of phenols is 1. The highest BCUT2D eigenvalue weighted by Crippen LogP contribution is 2.27. The summed E-state index contributed by atoms with van der Waals surface area (Å²) >= 11 is 4.33. The number of unbranched alkanes of at least 4 members (excludes halogenated alkanes) is 1. The van der Waals surface area contributed by atoms with Gasteiger partial charge in [-0.1, -0.05) is 13.3 Å². The summed E-state index contributed by atoms with van der Waals surface area (Å²) in [5.41, 5.74) is 2.16. The second-order valence-corrected chi connectivity index (χ2v) is 3.79. The number of aromatic hydroxyl groups is 1. The van der Waals surface area contributed by atoms with E-state index in [1.807, 2.05) is 13.0 Å². The van der Waals surface area contributed by atoms with Gasteiger partial charge in [0.15, 0.2) is 0 Å². The van der Waals surface area contributed by atoms with Crippen molar-refractivity contribution in [1.82, 2.24) is 0 Å². The Hall–Kier alpha value is -0.630. The van der Waals surface area contributed by atoms with Crippen LogP contribution in [0.5, 0.6) is 5.75 Å². The Labute approximate surface area is 85.2 Å². The molecular weight excluding hydrogens is 180 g/mol. The van der Waals surface area contributed by atoms with Gasteiger partial charge in [0.2, 0.25) is 0 Å². The number of hydrogen-bond acceptors (Lipinski definition) is 2. The van der Waals surface area contributed by atoms with Gasteiger partial charge in [0.1, 0.15) is 5.75 Å². The van der Waals surface area contributed by atoms with Crippen molar-refractivity contribution < 1.29 is 5.11 Å². The van der Waals surface area contributed by atoms with Crippen molar-refractivity contribution >= 4 is 12.6 Å². The van der Waals surface area contributed by atoms with Crippen LogP contribution in [-0.4, -0.2) is 5.11 Å². The quantitative estimate of drug-likeness (QED) is 0.710. The van der Waals surface area contributed by atoms with Crippen LogP contribution in [0.25, 0.3) is 0 Å². The molecule has 0 bridgehead atoms. The van der Waals surface area contributed by atoms with Gasteiger partial charge in [-0.25, -0.2) is 0 Å². The first-order chi connectivity index (χ1) is 6.16. The van der Waals surface area contributed by atoms with Crippen molar-refractivity contribution in [3.8, 4) is 5.75 Å². The summed E-state index contributed by atoms with van der Waals surface area (Å²) in [4.78, 5) is 0.962. The molecule has 1 N–H and O–H groups in total. The van der Waals surface area contributed by atoms with Gasteiger partial charge >= 0.3 is 0 Å². The zero-order chi connectivity index (χ0) is 9.84. The van der Waals surface area contributed by atoms with Gasteiger partial charge in [-0.15, -0.1) is 12.6 Å². The summed E-state index contributed by atoms with van der Waals surface area (Å²) in [6.45, 7) is 4.16. The van der Waals surface area contributed by atoms with Crippen molar-refractivity contribution in [3.63, 3.8) is 0 Å². The normalized spacial score (nSPS) is 10.4. The number of thiol groups is 1. The van der Waals surface area contributed by atoms with Crippen LogP contribution in [0.2, 0.25) is 0 Å². The third-order valence-electron chi connectivity index (χ3n) is 2.33. The van der Waals surface area contributed by atoms with Crippen LogP contribution in [0, 0.1) is 6.92 Å². The maximum atomic E-state index is 9.61. The van der Waals surface area contributed by atoms with Crippen molar-refractivity contribution in [3.05, 3.63) is 23.3 Å². The predicted molar refractivity (Wildman–Crippen MR) is 58.7 cm³/mol. The molecule has 0 aliphatic rings. The predicted octanol–water partition coefficient (Wildman–Crippen LogP) is 3.33. The molecule has 13 heavy (non-hydrogen) atoms. The minimum absolute atomic E-state index is 0.406. The van der Waals surface area contributed by atoms with E-state index in [1.54, 1.807) is 6.07 Å². The van der Waals surface area contributed by atoms with E-state index in [9.17, 15) is 5.11 Å². The lowest BCUT2D eigenvalue weighted by Gasteiger charge is -2.09. The van der Waals surface area contributed by atoms with E-state index in [4.69, 9.17) is 0 Å².